The standard InChI is InChI=1S/C11H18N2S/c1-10(12)6-3-5-9-14-11-7-2-4-8-13-11/h2,4,7-8,10H,3,5-6,9,12H2,1H3. The van der Waals surface area contributed by atoms with Crippen molar-refractivity contribution in [3.8, 4) is 0 Å². The second kappa shape index (κ2) is 6.85. The molecule has 14 heavy (non-hydrogen) atoms. The molecule has 0 saturated heterocycles. The summed E-state index contributed by atoms with van der Waals surface area (Å²) < 4.78 is 0. The SMILES string of the molecule is CC(N)CCCCSc1ccccn1. The third-order valence-electron chi connectivity index (χ3n) is 1.94. The Labute approximate surface area is 90.3 Å². The summed E-state index contributed by atoms with van der Waals surface area (Å²) in [6, 6.07) is 6.36. The predicted octanol–water partition coefficient (Wildman–Crippen LogP) is 2.69. The van der Waals surface area contributed by atoms with E-state index in [0.717, 1.165) is 17.2 Å². The second-order valence-electron chi connectivity index (χ2n) is 3.49. The van der Waals surface area contributed by atoms with Crippen molar-refractivity contribution in [3.05, 3.63) is 24.4 Å². The normalized spacial score (nSPS) is 12.7. The number of thioether (sulfide) groups is 1. The van der Waals surface area contributed by atoms with Crippen molar-refractivity contribution in [3.63, 3.8) is 0 Å². The van der Waals surface area contributed by atoms with Crippen molar-refractivity contribution in [2.75, 3.05) is 5.75 Å². The van der Waals surface area contributed by atoms with Crippen molar-refractivity contribution in [1.82, 2.24) is 4.98 Å². The molecule has 0 radical (unpaired) electrons. The summed E-state index contributed by atoms with van der Waals surface area (Å²) in [5, 5.41) is 1.12. The first kappa shape index (κ1) is 11.5. The maximum atomic E-state index is 5.67. The maximum Gasteiger partial charge on any atom is 0.0959 e. The molecule has 0 bridgehead atoms. The third-order valence-corrected chi connectivity index (χ3v) is 2.97. The van der Waals surface area contributed by atoms with Crippen LogP contribution in [0.3, 0.4) is 0 Å². The lowest BCUT2D eigenvalue weighted by molar-refractivity contribution is 0.618. The summed E-state index contributed by atoms with van der Waals surface area (Å²) >= 11 is 1.82. The fraction of sp³-hybridized carbons (Fsp3) is 0.545. The van der Waals surface area contributed by atoms with Crippen molar-refractivity contribution in [2.24, 2.45) is 5.73 Å². The Morgan fingerprint density at radius 2 is 2.29 bits per heavy atom. The molecule has 3 heteroatoms. The van der Waals surface area contributed by atoms with E-state index in [9.17, 15) is 0 Å². The molecule has 1 unspecified atom stereocenters. The molecule has 1 rings (SSSR count). The van der Waals surface area contributed by atoms with Gasteiger partial charge in [0.05, 0.1) is 5.03 Å². The average molecular weight is 210 g/mol. The quantitative estimate of drug-likeness (QED) is 0.579. The van der Waals surface area contributed by atoms with Gasteiger partial charge >= 0.3 is 0 Å². The van der Waals surface area contributed by atoms with Crippen molar-refractivity contribution >= 4 is 11.8 Å². The Morgan fingerprint density at radius 1 is 1.43 bits per heavy atom. The molecular formula is C11H18N2S. The van der Waals surface area contributed by atoms with Crippen LogP contribution in [0, 0.1) is 0 Å². The maximum absolute atomic E-state index is 5.67. The average Bonchev–Trinajstić information content (AvgIpc) is 2.18. The number of pyridine rings is 1. The largest absolute Gasteiger partial charge is 0.328 e. The molecule has 1 heterocycles. The van der Waals surface area contributed by atoms with Crippen LogP contribution < -0.4 is 5.73 Å². The summed E-state index contributed by atoms with van der Waals surface area (Å²) in [6.07, 6.45) is 5.41. The molecule has 1 aromatic rings. The monoisotopic (exact) mass is 210 g/mol. The van der Waals surface area contributed by atoms with E-state index < -0.39 is 0 Å². The van der Waals surface area contributed by atoms with Crippen LogP contribution in [-0.2, 0) is 0 Å². The van der Waals surface area contributed by atoms with Gasteiger partial charge in [-0.05, 0) is 37.7 Å². The highest BCUT2D eigenvalue weighted by Gasteiger charge is 1.96. The highest BCUT2D eigenvalue weighted by Crippen LogP contribution is 2.16. The van der Waals surface area contributed by atoms with E-state index in [-0.39, 0.29) is 0 Å². The van der Waals surface area contributed by atoms with Gasteiger partial charge in [0.2, 0.25) is 0 Å². The summed E-state index contributed by atoms with van der Waals surface area (Å²) in [6.45, 7) is 2.06. The summed E-state index contributed by atoms with van der Waals surface area (Å²) in [4.78, 5) is 4.25. The van der Waals surface area contributed by atoms with Crippen LogP contribution in [0.5, 0.6) is 0 Å². The Kier molecular flexibility index (Phi) is 5.64. The summed E-state index contributed by atoms with van der Waals surface area (Å²) in [7, 11) is 0. The number of hydrogen-bond donors (Lipinski definition) is 1. The van der Waals surface area contributed by atoms with Gasteiger partial charge in [0, 0.05) is 12.2 Å². The van der Waals surface area contributed by atoms with Crippen molar-refractivity contribution in [1.29, 1.82) is 0 Å². The van der Waals surface area contributed by atoms with Gasteiger partial charge in [-0.1, -0.05) is 12.5 Å². The fourth-order valence-electron chi connectivity index (χ4n) is 1.18. The first-order chi connectivity index (χ1) is 6.79. The third kappa shape index (κ3) is 5.25. The van der Waals surface area contributed by atoms with Crippen LogP contribution in [0.2, 0.25) is 0 Å². The van der Waals surface area contributed by atoms with Crippen LogP contribution in [0.15, 0.2) is 29.4 Å². The molecule has 0 aliphatic rings. The molecule has 78 valence electrons. The van der Waals surface area contributed by atoms with Gasteiger partial charge in [0.25, 0.3) is 0 Å². The van der Waals surface area contributed by atoms with E-state index in [0.29, 0.717) is 6.04 Å². The molecule has 0 saturated carbocycles. The number of hydrogen-bond acceptors (Lipinski definition) is 3. The van der Waals surface area contributed by atoms with E-state index in [1.54, 1.807) is 0 Å². The van der Waals surface area contributed by atoms with Crippen LogP contribution in [-0.4, -0.2) is 16.8 Å². The molecule has 0 aliphatic heterocycles. The van der Waals surface area contributed by atoms with E-state index in [1.807, 2.05) is 30.1 Å². The van der Waals surface area contributed by atoms with Crippen LogP contribution in [0.25, 0.3) is 0 Å². The molecule has 0 amide bonds. The first-order valence-corrected chi connectivity index (χ1v) is 6.07. The highest BCUT2D eigenvalue weighted by atomic mass is 32.2. The number of nitrogens with zero attached hydrogens (tertiary/aromatic N) is 1. The second-order valence-corrected chi connectivity index (χ2v) is 4.60. The molecule has 2 N–H and O–H groups in total. The van der Waals surface area contributed by atoms with Crippen molar-refractivity contribution < 1.29 is 0 Å². The molecule has 1 atom stereocenters. The van der Waals surface area contributed by atoms with Crippen LogP contribution >= 0.6 is 11.8 Å². The van der Waals surface area contributed by atoms with Crippen LogP contribution in [0.4, 0.5) is 0 Å². The Bertz CT molecular complexity index is 236. The first-order valence-electron chi connectivity index (χ1n) is 5.08. The zero-order valence-electron chi connectivity index (χ0n) is 8.65. The molecule has 1 aromatic heterocycles. The lowest BCUT2D eigenvalue weighted by Crippen LogP contribution is -2.13. The highest BCUT2D eigenvalue weighted by molar-refractivity contribution is 7.99. The van der Waals surface area contributed by atoms with E-state index >= 15 is 0 Å². The summed E-state index contributed by atoms with van der Waals surface area (Å²) in [5.41, 5.74) is 5.67. The zero-order valence-corrected chi connectivity index (χ0v) is 9.46. The lowest BCUT2D eigenvalue weighted by atomic mass is 10.2. The van der Waals surface area contributed by atoms with Gasteiger partial charge in [-0.2, -0.15) is 0 Å². The minimum Gasteiger partial charge on any atom is -0.328 e. The van der Waals surface area contributed by atoms with E-state index in [1.165, 1.54) is 12.8 Å². The van der Waals surface area contributed by atoms with Gasteiger partial charge in [0.15, 0.2) is 0 Å². The molecule has 0 spiro atoms. The van der Waals surface area contributed by atoms with Crippen LogP contribution in [0.1, 0.15) is 26.2 Å². The minimum atomic E-state index is 0.342. The number of unbranched alkanes of at least 4 members (excludes halogenated alkanes) is 1. The topological polar surface area (TPSA) is 38.9 Å². The molecule has 2 nitrogen and oxygen atoms in total. The fourth-order valence-corrected chi connectivity index (χ4v) is 2.05. The van der Waals surface area contributed by atoms with Gasteiger partial charge in [-0.3, -0.25) is 0 Å². The lowest BCUT2D eigenvalue weighted by Gasteiger charge is -2.03. The predicted molar refractivity (Wildman–Crippen MR) is 62.5 cm³/mol. The minimum absolute atomic E-state index is 0.342. The number of rotatable bonds is 6. The molecule has 0 aromatic carbocycles. The molecule has 0 fully saturated rings. The van der Waals surface area contributed by atoms with Crippen molar-refractivity contribution in [2.45, 2.75) is 37.3 Å². The van der Waals surface area contributed by atoms with Gasteiger partial charge in [-0.15, -0.1) is 11.8 Å². The molecule has 0 aliphatic carbocycles. The zero-order chi connectivity index (χ0) is 10.2. The smallest absolute Gasteiger partial charge is 0.0959 e. The summed E-state index contributed by atoms with van der Waals surface area (Å²) in [5.74, 6) is 1.14. The van der Waals surface area contributed by atoms with E-state index in [4.69, 9.17) is 5.73 Å². The number of aromatic nitrogens is 1. The Hall–Kier alpha value is -0.540. The van der Waals surface area contributed by atoms with Gasteiger partial charge < -0.3 is 5.73 Å². The Balaban J connectivity index is 2.05. The number of nitrogens with two attached hydrogens (primary N) is 1. The van der Waals surface area contributed by atoms with E-state index in [2.05, 4.69) is 18.0 Å². The van der Waals surface area contributed by atoms with Gasteiger partial charge in [0.1, 0.15) is 0 Å². The Morgan fingerprint density at radius 3 is 2.93 bits per heavy atom. The molecular weight excluding hydrogens is 192 g/mol. The van der Waals surface area contributed by atoms with Gasteiger partial charge in [-0.25, -0.2) is 4.98 Å².